The average Bonchev–Trinajstić information content (AvgIpc) is 4.00. The topological polar surface area (TPSA) is 313 Å². The fourth-order valence-corrected chi connectivity index (χ4v) is 11.5. The van der Waals surface area contributed by atoms with Crippen molar-refractivity contribution in [2.45, 2.75) is 111 Å². The summed E-state index contributed by atoms with van der Waals surface area (Å²) in [5.41, 5.74) is 12.1. The number of esters is 1. The second kappa shape index (κ2) is 16.9. The van der Waals surface area contributed by atoms with E-state index in [1.807, 2.05) is 53.2 Å². The Morgan fingerprint density at radius 3 is 2.57 bits per heavy atom. The van der Waals surface area contributed by atoms with E-state index in [0.29, 0.717) is 39.2 Å². The number of fused-ring (bicyclic) bond motifs is 5. The summed E-state index contributed by atoms with van der Waals surface area (Å²) in [5, 5.41) is 79.4. The van der Waals surface area contributed by atoms with Crippen LogP contribution in [-0.2, 0) is 38.6 Å². The second-order valence-corrected chi connectivity index (χ2v) is 18.5. The van der Waals surface area contributed by atoms with E-state index in [-0.39, 0.29) is 62.0 Å². The molecule has 1 aliphatic carbocycles. The van der Waals surface area contributed by atoms with E-state index >= 15 is 0 Å². The molecule has 5 aromatic rings. The number of aromatic nitrogens is 2. The summed E-state index contributed by atoms with van der Waals surface area (Å²) in [6.45, 7) is -1.18. The SMILES string of the molecule is NC(N)[C@H](OC(=O)CC(=O)O)[C@H]1O[C@H]2Oc3cc4c(c(Cn5cc6cc[nH]c6c5CO)c3C[C@@H]3CC[C@]1(O)[C@H](O)[C@]32O)[C@@H]1Oc2c3ccc(OCO)c2OC[C@@H](O)C#C[C@H](c2ccccc2)[C@H](O4)[C@@H]31. The van der Waals surface area contributed by atoms with E-state index in [0.717, 1.165) is 10.9 Å². The zero-order valence-corrected chi connectivity index (χ0v) is 36.8. The van der Waals surface area contributed by atoms with Gasteiger partial charge < -0.3 is 89.9 Å². The third-order valence-corrected chi connectivity index (χ3v) is 14.7. The number of aromatic amines is 1. The van der Waals surface area contributed by atoms with Crippen molar-refractivity contribution in [3.8, 4) is 40.6 Å². The number of hydrogen-bond acceptors (Lipinski definition) is 17. The number of nitrogens with one attached hydrogen (secondary N) is 1. The van der Waals surface area contributed by atoms with Crippen LogP contribution >= 0.6 is 0 Å². The van der Waals surface area contributed by atoms with Crippen molar-refractivity contribution < 1.29 is 78.5 Å². The Labute approximate surface area is 392 Å². The fraction of sp³-hybridized carbons (Fsp3) is 0.429. The maximum absolute atomic E-state index is 12.8. The highest BCUT2D eigenvalue weighted by atomic mass is 16.7. The molecule has 69 heavy (non-hydrogen) atoms. The Bertz CT molecular complexity index is 2910. The van der Waals surface area contributed by atoms with Crippen LogP contribution in [0.15, 0.2) is 67.0 Å². The van der Waals surface area contributed by atoms with E-state index in [4.69, 9.17) is 44.6 Å². The molecule has 0 unspecified atom stereocenters. The van der Waals surface area contributed by atoms with Crippen molar-refractivity contribution >= 4 is 22.8 Å². The molecule has 0 radical (unpaired) electrons. The van der Waals surface area contributed by atoms with Gasteiger partial charge in [0, 0.05) is 53.0 Å². The Hall–Kier alpha value is -6.38. The summed E-state index contributed by atoms with van der Waals surface area (Å²) in [5.74, 6) is 2.43. The van der Waals surface area contributed by atoms with Crippen molar-refractivity contribution in [2.75, 3.05) is 13.4 Å². The summed E-state index contributed by atoms with van der Waals surface area (Å²) in [4.78, 5) is 27.4. The van der Waals surface area contributed by atoms with Crippen LogP contribution in [0.3, 0.4) is 0 Å². The van der Waals surface area contributed by atoms with Crippen molar-refractivity contribution in [3.63, 3.8) is 0 Å². The molecule has 12 N–H and O–H groups in total. The summed E-state index contributed by atoms with van der Waals surface area (Å²) < 4.78 is 46.7. The highest BCUT2D eigenvalue weighted by molar-refractivity contribution is 5.90. The van der Waals surface area contributed by atoms with Crippen molar-refractivity contribution in [2.24, 2.45) is 17.4 Å². The third-order valence-electron chi connectivity index (χ3n) is 14.7. The van der Waals surface area contributed by atoms with Gasteiger partial charge in [-0.25, -0.2) is 0 Å². The van der Waals surface area contributed by atoms with Crippen LogP contribution in [0.5, 0.6) is 28.7 Å². The van der Waals surface area contributed by atoms with Gasteiger partial charge >= 0.3 is 11.9 Å². The maximum Gasteiger partial charge on any atom is 0.317 e. The Morgan fingerprint density at radius 2 is 1.81 bits per heavy atom. The van der Waals surface area contributed by atoms with Crippen molar-refractivity contribution in [1.29, 1.82) is 0 Å². The predicted molar refractivity (Wildman–Crippen MR) is 237 cm³/mol. The fourth-order valence-electron chi connectivity index (χ4n) is 11.5. The molecule has 1 saturated heterocycles. The first kappa shape index (κ1) is 45.1. The molecule has 0 spiro atoms. The zero-order chi connectivity index (χ0) is 48.1. The lowest BCUT2D eigenvalue weighted by molar-refractivity contribution is -0.384. The second-order valence-electron chi connectivity index (χ2n) is 18.5. The van der Waals surface area contributed by atoms with Crippen LogP contribution in [0, 0.1) is 17.8 Å². The molecule has 3 aromatic carbocycles. The van der Waals surface area contributed by atoms with E-state index in [9.17, 15) is 45.3 Å². The number of carboxylic acids is 1. The lowest BCUT2D eigenvalue weighted by atomic mass is 9.60. The predicted octanol–water partition coefficient (Wildman–Crippen LogP) is 0.880. The van der Waals surface area contributed by atoms with Crippen molar-refractivity contribution in [3.05, 3.63) is 101 Å². The standard InChI is InChI=1S/C49H50N4O16/c50-45(51)43(67-35(59)16-34(57)58)44-48(61)12-10-24-14-28-29(18-53-17-23-11-13-52-38(23)30(53)19-54)36-33(15-32(28)66-47(69-44)49(24,62)46(48)60)65-39-26(22-4-2-1-3-5-22)7-6-25(56)20-63-41-31(64-21-55)9-8-27-37(39)42(36)68-40(27)41/h1-5,8-9,11,13,15,17,24-26,37,39,42-47,52,54-56,60-62H,10,12,14,16,18-21,50-51H2,(H,57,58)/t24-,25-,26+,37+,39-,42-,43+,44+,46-,47+,48+,49+/m0/s1. The summed E-state index contributed by atoms with van der Waals surface area (Å²) >= 11 is 0. The number of carbonyl (C=O) groups excluding carboxylic acids is 1. The van der Waals surface area contributed by atoms with Gasteiger partial charge in [-0.1, -0.05) is 48.2 Å². The molecule has 2 aromatic heterocycles. The molecule has 20 heteroatoms. The number of carbonyl (C=O) groups is 2. The number of ether oxygens (including phenoxy) is 7. The molecule has 362 valence electrons. The number of H-pyrrole nitrogens is 1. The molecular weight excluding hydrogens is 901 g/mol. The minimum absolute atomic E-state index is 0.0553. The molecule has 12 atom stereocenters. The molecule has 1 saturated carbocycles. The lowest BCUT2D eigenvalue weighted by Gasteiger charge is -2.60. The van der Waals surface area contributed by atoms with Gasteiger partial charge in [-0.2, -0.15) is 0 Å². The van der Waals surface area contributed by atoms with Crippen LogP contribution in [0.2, 0.25) is 0 Å². The number of nitrogens with zero attached hydrogens (tertiary/aromatic N) is 1. The number of hydrogen-bond donors (Lipinski definition) is 10. The highest BCUT2D eigenvalue weighted by Gasteiger charge is 2.71. The highest BCUT2D eigenvalue weighted by Crippen LogP contribution is 2.62. The van der Waals surface area contributed by atoms with Gasteiger partial charge in [0.1, 0.15) is 60.6 Å². The molecule has 11 rings (SSSR count). The quantitative estimate of drug-likeness (QED) is 0.0380. The number of carboxylic acid groups (broad SMARTS) is 1. The minimum atomic E-state index is -2.31. The molecule has 2 fully saturated rings. The normalized spacial score (nSPS) is 30.7. The van der Waals surface area contributed by atoms with Crippen LogP contribution in [0.1, 0.15) is 70.7 Å². The summed E-state index contributed by atoms with van der Waals surface area (Å²) in [6.07, 6.45) is -9.09. The van der Waals surface area contributed by atoms with Gasteiger partial charge in [0.05, 0.1) is 35.8 Å². The number of rotatable bonds is 11. The summed E-state index contributed by atoms with van der Waals surface area (Å²) in [6, 6.07) is 16.5. The van der Waals surface area contributed by atoms with E-state index in [2.05, 4.69) is 16.8 Å². The lowest BCUT2D eigenvalue weighted by Crippen LogP contribution is -2.80. The van der Waals surface area contributed by atoms with Crippen LogP contribution in [0.25, 0.3) is 10.9 Å². The molecule has 7 heterocycles. The van der Waals surface area contributed by atoms with Crippen LogP contribution < -0.4 is 35.2 Å². The first-order valence-corrected chi connectivity index (χ1v) is 22.7. The molecule has 6 bridgehead atoms. The van der Waals surface area contributed by atoms with Gasteiger partial charge in [-0.15, -0.1) is 0 Å². The largest absolute Gasteiger partial charge is 0.487 e. The molecular formula is C49H50N4O16. The van der Waals surface area contributed by atoms with E-state index in [1.54, 1.807) is 18.3 Å². The first-order valence-electron chi connectivity index (χ1n) is 22.7. The van der Waals surface area contributed by atoms with E-state index in [1.165, 1.54) is 0 Å². The number of aliphatic carboxylic acids is 1. The van der Waals surface area contributed by atoms with E-state index < -0.39 is 103 Å². The first-order chi connectivity index (χ1) is 33.2. The Kier molecular flexibility index (Phi) is 11.1. The van der Waals surface area contributed by atoms with Gasteiger partial charge in [-0.05, 0) is 42.5 Å². The van der Waals surface area contributed by atoms with Crippen LogP contribution in [0.4, 0.5) is 0 Å². The molecule has 20 nitrogen and oxygen atoms in total. The third kappa shape index (κ3) is 7.10. The Balaban J connectivity index is 1.12. The number of aliphatic hydroxyl groups excluding tert-OH is 4. The van der Waals surface area contributed by atoms with Gasteiger partial charge in [0.2, 0.25) is 12.0 Å². The smallest absolute Gasteiger partial charge is 0.317 e. The average molecular weight is 951 g/mol. The number of benzene rings is 3. The zero-order valence-electron chi connectivity index (χ0n) is 36.8. The molecule has 6 aliphatic rings. The number of nitrogens with two attached hydrogens (primary N) is 2. The monoisotopic (exact) mass is 950 g/mol. The Morgan fingerprint density at radius 1 is 1.00 bits per heavy atom. The molecule has 5 aliphatic heterocycles. The number of aliphatic hydroxyl groups is 6. The van der Waals surface area contributed by atoms with Gasteiger partial charge in [0.15, 0.2) is 30.0 Å². The maximum atomic E-state index is 12.8. The van der Waals surface area contributed by atoms with Gasteiger partial charge in [-0.3, -0.25) is 9.59 Å². The summed E-state index contributed by atoms with van der Waals surface area (Å²) in [7, 11) is 0. The van der Waals surface area contributed by atoms with Crippen molar-refractivity contribution in [1.82, 2.24) is 9.55 Å². The van der Waals surface area contributed by atoms with Crippen LogP contribution in [-0.4, -0.2) is 125 Å². The minimum Gasteiger partial charge on any atom is -0.487 e. The van der Waals surface area contributed by atoms with Gasteiger partial charge in [0.25, 0.3) is 0 Å². The molecule has 0 amide bonds.